The molecule has 0 aromatic heterocycles. The molecule has 0 bridgehead atoms. The van der Waals surface area contributed by atoms with Gasteiger partial charge in [-0.2, -0.15) is 0 Å². The molecule has 2 rings (SSSR count). The van der Waals surface area contributed by atoms with Crippen molar-refractivity contribution in [2.45, 2.75) is 6.92 Å². The summed E-state index contributed by atoms with van der Waals surface area (Å²) in [5.74, 6) is -0.0305. The van der Waals surface area contributed by atoms with Crippen molar-refractivity contribution in [1.29, 1.82) is 0 Å². The minimum absolute atomic E-state index is 0.0677. The molecule has 2 amide bonds. The number of quaternary nitrogens is 1. The van der Waals surface area contributed by atoms with Crippen molar-refractivity contribution >= 4 is 33.4 Å². The van der Waals surface area contributed by atoms with E-state index in [-0.39, 0.29) is 18.4 Å². The Morgan fingerprint density at radius 2 is 2.00 bits per heavy atom. The fourth-order valence-electron chi connectivity index (χ4n) is 2.45. The molecule has 1 aromatic rings. The third-order valence-corrected chi connectivity index (χ3v) is 4.61. The number of amides is 2. The van der Waals surface area contributed by atoms with Crippen LogP contribution in [0.25, 0.3) is 0 Å². The number of ether oxygens (including phenoxy) is 1. The lowest BCUT2D eigenvalue weighted by Gasteiger charge is -2.27. The maximum Gasteiger partial charge on any atom is 0.279 e. The number of hydrogen-bond acceptors (Lipinski definition) is 3. The first-order valence-corrected chi connectivity index (χ1v) is 8.48. The molecule has 23 heavy (non-hydrogen) atoms. The molecule has 0 saturated carbocycles. The molecule has 7 heteroatoms. The summed E-state index contributed by atoms with van der Waals surface area (Å²) < 4.78 is 6.24. The Balaban J connectivity index is 1.79. The van der Waals surface area contributed by atoms with Gasteiger partial charge in [-0.15, -0.1) is 0 Å². The summed E-state index contributed by atoms with van der Waals surface area (Å²) >= 11 is 3.43. The molecule has 1 aromatic carbocycles. The van der Waals surface area contributed by atoms with E-state index in [1.54, 1.807) is 4.90 Å². The van der Waals surface area contributed by atoms with E-state index in [1.165, 1.54) is 0 Å². The highest BCUT2D eigenvalue weighted by molar-refractivity contribution is 9.10. The van der Waals surface area contributed by atoms with Crippen LogP contribution < -0.4 is 10.2 Å². The van der Waals surface area contributed by atoms with Crippen LogP contribution in [0.1, 0.15) is 5.56 Å². The Kier molecular flexibility index (Phi) is 6.56. The number of hydrogen-bond donors (Lipinski definition) is 2. The SMILES string of the molecule is Cc1cc(NC(=O)C[NH+](C)CC(=O)N2CCOCC2)ccc1Br. The van der Waals surface area contributed by atoms with E-state index in [0.29, 0.717) is 32.8 Å². The molecule has 1 aliphatic rings. The smallest absolute Gasteiger partial charge is 0.279 e. The van der Waals surface area contributed by atoms with Gasteiger partial charge in [0, 0.05) is 23.2 Å². The number of halogens is 1. The maximum atomic E-state index is 12.1. The van der Waals surface area contributed by atoms with E-state index in [4.69, 9.17) is 4.74 Å². The second-order valence-corrected chi connectivity index (χ2v) is 6.67. The van der Waals surface area contributed by atoms with Gasteiger partial charge in [0.05, 0.1) is 20.3 Å². The van der Waals surface area contributed by atoms with Crippen molar-refractivity contribution in [2.75, 3.05) is 51.8 Å². The van der Waals surface area contributed by atoms with E-state index >= 15 is 0 Å². The molecule has 1 fully saturated rings. The molecule has 1 atom stereocenters. The van der Waals surface area contributed by atoms with E-state index in [0.717, 1.165) is 20.6 Å². The van der Waals surface area contributed by atoms with Crippen molar-refractivity contribution in [3.63, 3.8) is 0 Å². The van der Waals surface area contributed by atoms with Crippen LogP contribution in [0.3, 0.4) is 0 Å². The number of nitrogens with zero attached hydrogens (tertiary/aromatic N) is 1. The summed E-state index contributed by atoms with van der Waals surface area (Å²) in [4.78, 5) is 26.9. The summed E-state index contributed by atoms with van der Waals surface area (Å²) in [6, 6.07) is 5.67. The van der Waals surface area contributed by atoms with Crippen LogP contribution in [0, 0.1) is 6.92 Å². The first kappa shape index (κ1) is 17.9. The van der Waals surface area contributed by atoms with Crippen LogP contribution >= 0.6 is 15.9 Å². The Morgan fingerprint density at radius 3 is 2.65 bits per heavy atom. The highest BCUT2D eigenvalue weighted by atomic mass is 79.9. The number of benzene rings is 1. The van der Waals surface area contributed by atoms with Gasteiger partial charge in [-0.25, -0.2) is 0 Å². The van der Waals surface area contributed by atoms with Gasteiger partial charge >= 0.3 is 0 Å². The van der Waals surface area contributed by atoms with Crippen molar-refractivity contribution < 1.29 is 19.2 Å². The van der Waals surface area contributed by atoms with Crippen molar-refractivity contribution in [3.8, 4) is 0 Å². The molecule has 0 radical (unpaired) electrons. The van der Waals surface area contributed by atoms with Crippen LogP contribution in [-0.2, 0) is 14.3 Å². The standard InChI is InChI=1S/C16H22BrN3O3/c1-12-9-13(3-4-14(12)17)18-15(21)10-19(2)11-16(22)20-5-7-23-8-6-20/h3-4,9H,5-8,10-11H2,1-2H3,(H,18,21)/p+1. The molecule has 1 heterocycles. The Hall–Kier alpha value is -1.44. The van der Waals surface area contributed by atoms with E-state index in [2.05, 4.69) is 21.2 Å². The monoisotopic (exact) mass is 384 g/mol. The number of nitrogens with one attached hydrogen (secondary N) is 2. The third kappa shape index (κ3) is 5.60. The molecule has 2 N–H and O–H groups in total. The first-order valence-electron chi connectivity index (χ1n) is 7.68. The average Bonchev–Trinajstić information content (AvgIpc) is 2.51. The fraction of sp³-hybridized carbons (Fsp3) is 0.500. The molecule has 0 spiro atoms. The molecule has 126 valence electrons. The molecule has 1 aliphatic heterocycles. The fourth-order valence-corrected chi connectivity index (χ4v) is 2.69. The molecular formula is C16H23BrN3O3+. The molecule has 6 nitrogen and oxygen atoms in total. The number of aryl methyl sites for hydroxylation is 1. The summed E-state index contributed by atoms with van der Waals surface area (Å²) in [6.07, 6.45) is 0. The third-order valence-electron chi connectivity index (χ3n) is 3.72. The Morgan fingerprint density at radius 1 is 1.30 bits per heavy atom. The second-order valence-electron chi connectivity index (χ2n) is 5.82. The quantitative estimate of drug-likeness (QED) is 0.754. The van der Waals surface area contributed by atoms with Gasteiger partial charge in [0.15, 0.2) is 13.1 Å². The van der Waals surface area contributed by atoms with Crippen molar-refractivity contribution in [2.24, 2.45) is 0 Å². The molecule has 1 unspecified atom stereocenters. The van der Waals surface area contributed by atoms with E-state index in [9.17, 15) is 9.59 Å². The number of rotatable bonds is 5. The van der Waals surface area contributed by atoms with Crippen LogP contribution in [0.15, 0.2) is 22.7 Å². The van der Waals surface area contributed by atoms with Crippen molar-refractivity contribution in [1.82, 2.24) is 4.90 Å². The number of likely N-dealkylation sites (N-methyl/N-ethyl adjacent to an activating group) is 1. The van der Waals surface area contributed by atoms with E-state index < -0.39 is 0 Å². The van der Waals surface area contributed by atoms with E-state index in [1.807, 2.05) is 32.2 Å². The zero-order valence-electron chi connectivity index (χ0n) is 13.5. The lowest BCUT2D eigenvalue weighted by molar-refractivity contribution is -0.862. The predicted octanol–water partition coefficient (Wildman–Crippen LogP) is 0.0695. The summed E-state index contributed by atoms with van der Waals surface area (Å²) in [7, 11) is 1.85. The summed E-state index contributed by atoms with van der Waals surface area (Å²) in [5.41, 5.74) is 1.83. The summed E-state index contributed by atoms with van der Waals surface area (Å²) in [5, 5.41) is 2.87. The van der Waals surface area contributed by atoms with Gasteiger partial charge in [-0.05, 0) is 30.7 Å². The van der Waals surface area contributed by atoms with Gasteiger partial charge in [0.1, 0.15) is 0 Å². The minimum Gasteiger partial charge on any atom is -0.378 e. The lowest BCUT2D eigenvalue weighted by Crippen LogP contribution is -3.11. The zero-order chi connectivity index (χ0) is 16.8. The lowest BCUT2D eigenvalue weighted by atomic mass is 10.2. The van der Waals surface area contributed by atoms with Crippen LogP contribution in [0.2, 0.25) is 0 Å². The van der Waals surface area contributed by atoms with Crippen LogP contribution in [0.4, 0.5) is 5.69 Å². The normalized spacial score (nSPS) is 16.0. The van der Waals surface area contributed by atoms with Crippen LogP contribution in [-0.4, -0.2) is 63.2 Å². The minimum atomic E-state index is -0.0981. The van der Waals surface area contributed by atoms with Gasteiger partial charge in [0.25, 0.3) is 11.8 Å². The number of anilines is 1. The first-order chi connectivity index (χ1) is 11.0. The maximum absolute atomic E-state index is 12.1. The number of morpholine rings is 1. The van der Waals surface area contributed by atoms with Crippen molar-refractivity contribution in [3.05, 3.63) is 28.2 Å². The Labute approximate surface area is 144 Å². The second kappa shape index (κ2) is 8.42. The summed E-state index contributed by atoms with van der Waals surface area (Å²) in [6.45, 7) is 4.99. The van der Waals surface area contributed by atoms with Gasteiger partial charge in [-0.3, -0.25) is 9.59 Å². The van der Waals surface area contributed by atoms with Gasteiger partial charge in [-0.1, -0.05) is 15.9 Å². The van der Waals surface area contributed by atoms with Gasteiger partial charge < -0.3 is 19.9 Å². The average molecular weight is 385 g/mol. The highest BCUT2D eigenvalue weighted by Crippen LogP contribution is 2.19. The zero-order valence-corrected chi connectivity index (χ0v) is 15.1. The molecule has 1 saturated heterocycles. The molecule has 0 aliphatic carbocycles. The Bertz CT molecular complexity index is 574. The number of carbonyl (C=O) groups is 2. The highest BCUT2D eigenvalue weighted by Gasteiger charge is 2.21. The predicted molar refractivity (Wildman–Crippen MR) is 91.5 cm³/mol. The largest absolute Gasteiger partial charge is 0.378 e. The topological polar surface area (TPSA) is 63.1 Å². The molecular weight excluding hydrogens is 362 g/mol. The van der Waals surface area contributed by atoms with Gasteiger partial charge in [0.2, 0.25) is 0 Å². The number of carbonyl (C=O) groups excluding carboxylic acids is 2. The van der Waals surface area contributed by atoms with Crippen LogP contribution in [0.5, 0.6) is 0 Å².